The fourth-order valence-electron chi connectivity index (χ4n) is 15.4. The average Bonchev–Trinajstić information content (AvgIpc) is 1.46. The molecule has 1 aromatic heterocycles. The van der Waals surface area contributed by atoms with Gasteiger partial charge in [-0.05, 0) is 288 Å². The molecule has 2 aliphatic carbocycles. The van der Waals surface area contributed by atoms with Crippen LogP contribution in [0.25, 0.3) is 22.4 Å². The molecule has 2 unspecified atom stereocenters. The van der Waals surface area contributed by atoms with Crippen LogP contribution in [0.2, 0.25) is 0 Å². The van der Waals surface area contributed by atoms with Crippen LogP contribution in [0.4, 0.5) is 10.1 Å². The molecule has 0 aliphatic heterocycles. The van der Waals surface area contributed by atoms with Crippen molar-refractivity contribution < 1.29 is 77.3 Å². The van der Waals surface area contributed by atoms with Crippen molar-refractivity contribution in [3.63, 3.8) is 0 Å². The molecular formula is C104H147FN2O15. The monoisotopic (exact) mass is 1680 g/mol. The van der Waals surface area contributed by atoms with Crippen molar-refractivity contribution in [2.45, 2.75) is 314 Å². The van der Waals surface area contributed by atoms with Crippen molar-refractivity contribution in [3.05, 3.63) is 219 Å². The quantitative estimate of drug-likeness (QED) is 0.0119. The van der Waals surface area contributed by atoms with E-state index in [0.29, 0.717) is 75.6 Å². The number of esters is 5. The number of carbonyl (C=O) groups is 6. The fraction of sp³-hybridized carbons (Fsp3) is 0.538. The van der Waals surface area contributed by atoms with Crippen molar-refractivity contribution in [2.24, 2.45) is 23.7 Å². The van der Waals surface area contributed by atoms with Crippen molar-refractivity contribution in [1.82, 2.24) is 4.57 Å². The lowest BCUT2D eigenvalue weighted by atomic mass is 9.66. The van der Waals surface area contributed by atoms with Gasteiger partial charge < -0.3 is 54.0 Å². The number of para-hydroxylation sites is 1. The summed E-state index contributed by atoms with van der Waals surface area (Å²) in [6.07, 6.45) is 38.8. The molecule has 122 heavy (non-hydrogen) atoms. The van der Waals surface area contributed by atoms with Crippen LogP contribution in [-0.4, -0.2) is 118 Å². The first-order chi connectivity index (χ1) is 58.3. The number of carbonyl (C=O) groups excluding carboxylic acids is 6. The lowest BCUT2D eigenvalue weighted by Crippen LogP contribution is -2.43. The van der Waals surface area contributed by atoms with Gasteiger partial charge >= 0.3 is 29.8 Å². The molecule has 0 radical (unpaired) electrons. The lowest BCUT2D eigenvalue weighted by Gasteiger charge is -2.43. The minimum atomic E-state index is -1.13. The van der Waals surface area contributed by atoms with Crippen LogP contribution in [-0.2, 0) is 54.2 Å². The van der Waals surface area contributed by atoms with E-state index < -0.39 is 67.6 Å². The summed E-state index contributed by atoms with van der Waals surface area (Å²) in [5.74, 6) is -3.61. The second kappa shape index (κ2) is 57.4. The standard InChI is InChI=1S/C57H73FN2O6.C47H74O9/c1-41(2)20-16-23-45(7)25-17-24-43(5)21-14-15-22-44(6)26-19-39-65-52(63)40-66-51(62)32-18-31-50(61)37-38-60-55(42(3)4)54(57(64)59-49-29-12-9-13-30-49)53(46-27-10-8-11-28-46)56(60)47-33-35-48(58)36-34-47;1-9-36(7)47(53)56-43-29-40(49)27-38-23-22-37(8)42(46(38)43)25-24-39(48)28-41(50)30-44(51)55-31-45(52)54-26-14-21-34(5)17-11-10-16-33(4)19-13-20-35(6)18-12-15-32(2)3/h8-13,20-22,25,27-30,33-36,42,50,61H,14-19,23-24,26,31-32,37-40H2,1-7H3,(H,59,64);15-17,20,22-23,27,36-37,39-43,46,48-50H,9-14,18-19,21,24-26,28-31H2,1-8H3/b43-21+,44-22+,45-25+;33-16+,34-17+,35-20+/t;36-,37-,39?,40-,41+,42-,43-,46-/m.0/s1. The second-order valence-electron chi connectivity index (χ2n) is 34.4. The number of ether oxygens (including phenoxy) is 5. The molecule has 5 N–H and O–H groups in total. The highest BCUT2D eigenvalue weighted by Crippen LogP contribution is 2.46. The molecule has 6 rings (SSSR count). The van der Waals surface area contributed by atoms with Gasteiger partial charge in [0.1, 0.15) is 11.9 Å². The Morgan fingerprint density at radius 3 is 1.54 bits per heavy atom. The summed E-state index contributed by atoms with van der Waals surface area (Å²) in [5.41, 5.74) is 17.0. The van der Waals surface area contributed by atoms with E-state index >= 15 is 0 Å². The molecule has 1 amide bonds. The van der Waals surface area contributed by atoms with E-state index in [0.717, 1.165) is 124 Å². The Morgan fingerprint density at radius 2 is 1.03 bits per heavy atom. The summed E-state index contributed by atoms with van der Waals surface area (Å²) in [7, 11) is 0. The van der Waals surface area contributed by atoms with Gasteiger partial charge in [0.25, 0.3) is 5.91 Å². The smallest absolute Gasteiger partial charge is 0.344 e. The van der Waals surface area contributed by atoms with E-state index in [-0.39, 0.29) is 79.8 Å². The summed E-state index contributed by atoms with van der Waals surface area (Å²) in [5, 5.41) is 46.0. The Balaban J connectivity index is 0.000000440. The van der Waals surface area contributed by atoms with Crippen LogP contribution in [0.5, 0.6) is 0 Å². The number of aliphatic hydroxyl groups excluding tert-OH is 4. The zero-order chi connectivity index (χ0) is 89.5. The zero-order valence-electron chi connectivity index (χ0n) is 76.2. The molecule has 17 nitrogen and oxygen atoms in total. The molecule has 0 saturated carbocycles. The van der Waals surface area contributed by atoms with E-state index in [1.165, 1.54) is 56.7 Å². The van der Waals surface area contributed by atoms with Gasteiger partial charge in [0.15, 0.2) is 13.2 Å². The van der Waals surface area contributed by atoms with Gasteiger partial charge in [0.05, 0.1) is 61.2 Å². The van der Waals surface area contributed by atoms with E-state index in [1.54, 1.807) is 12.1 Å². The van der Waals surface area contributed by atoms with Crippen LogP contribution in [0.1, 0.15) is 293 Å². The number of nitrogens with one attached hydrogen (secondary N) is 1. The maximum Gasteiger partial charge on any atom is 0.344 e. The number of benzene rings is 3. The highest BCUT2D eigenvalue weighted by molar-refractivity contribution is 6.12. The SMILES string of the molecule is CC(C)=CCC/C(C)=C/CC/C(C)=C/CC/C=C(\C)CCCOC(=O)COC(=O)CCCC(O)CCn1c(-c2ccc(F)cc2)c(-c2ccccc2)c(C(=O)Nc2ccccc2)c1C(C)C.CC[C@H](C)C(=O)O[C@H]1C[C@@H](O)C=C2C=C[C@H](C)[C@H](CCC(O)C[C@@H](O)CC(=O)OCC(=O)OCCC/C(C)=C/CC/C=C(\C)CC/C=C(\C)CCC=C(C)C)[C@H]21. The molecule has 0 saturated heterocycles. The maximum absolute atomic E-state index is 14.3. The number of hydrogen-bond donors (Lipinski definition) is 5. The highest BCUT2D eigenvalue weighted by atomic mass is 19.1. The number of allylic oxidation sites excluding steroid dienone is 18. The van der Waals surface area contributed by atoms with Gasteiger partial charge in [0.2, 0.25) is 0 Å². The Hall–Kier alpha value is -9.07. The molecular weight excluding hydrogens is 1540 g/mol. The minimum Gasteiger partial charge on any atom is -0.463 e. The topological polar surface area (TPSA) is 246 Å². The van der Waals surface area contributed by atoms with E-state index in [2.05, 4.69) is 141 Å². The number of aromatic nitrogens is 1. The van der Waals surface area contributed by atoms with Crippen molar-refractivity contribution in [1.29, 1.82) is 0 Å². The number of hydrogen-bond acceptors (Lipinski definition) is 15. The van der Waals surface area contributed by atoms with Crippen LogP contribution >= 0.6 is 0 Å². The summed E-state index contributed by atoms with van der Waals surface area (Å²) >= 11 is 0. The van der Waals surface area contributed by atoms with Crippen LogP contribution in [0, 0.1) is 29.5 Å². The summed E-state index contributed by atoms with van der Waals surface area (Å²) in [6.45, 7) is 31.4. The zero-order valence-corrected chi connectivity index (χ0v) is 76.2. The Labute approximate surface area is 729 Å². The molecule has 3 aromatic carbocycles. The number of fused-ring (bicyclic) bond motifs is 1. The minimum absolute atomic E-state index is 0.0214. The van der Waals surface area contributed by atoms with Gasteiger partial charge in [-0.25, -0.2) is 14.0 Å². The number of anilines is 1. The number of halogens is 1. The highest BCUT2D eigenvalue weighted by Gasteiger charge is 2.42. The van der Waals surface area contributed by atoms with Crippen LogP contribution < -0.4 is 5.32 Å². The Kier molecular flexibility index (Phi) is 48.7. The first kappa shape index (κ1) is 103. The van der Waals surface area contributed by atoms with Gasteiger partial charge in [0, 0.05) is 42.2 Å². The lowest BCUT2D eigenvalue weighted by molar-refractivity contribution is -0.160. The van der Waals surface area contributed by atoms with Crippen LogP contribution in [0.15, 0.2) is 202 Å². The maximum atomic E-state index is 14.3. The normalized spacial score (nSPS) is 17.4. The van der Waals surface area contributed by atoms with E-state index in [4.69, 9.17) is 23.7 Å². The third-order valence-corrected chi connectivity index (χ3v) is 22.5. The molecule has 0 bridgehead atoms. The molecule has 4 aromatic rings. The van der Waals surface area contributed by atoms with Gasteiger partial charge in [-0.3, -0.25) is 19.2 Å². The van der Waals surface area contributed by atoms with Crippen molar-refractivity contribution in [2.75, 3.05) is 31.7 Å². The molecule has 2 aliphatic rings. The number of aliphatic hydroxyl groups is 4. The first-order valence-electron chi connectivity index (χ1n) is 44.9. The first-order valence-corrected chi connectivity index (χ1v) is 44.9. The second-order valence-corrected chi connectivity index (χ2v) is 34.4. The fourth-order valence-corrected chi connectivity index (χ4v) is 15.4. The molecule has 670 valence electrons. The third-order valence-electron chi connectivity index (χ3n) is 22.5. The number of unbranched alkanes of at least 4 members (excludes halogenated alkanes) is 2. The van der Waals surface area contributed by atoms with E-state index in [1.807, 2.05) is 101 Å². The van der Waals surface area contributed by atoms with Gasteiger partial charge in [-0.1, -0.05) is 195 Å². The molecule has 9 atom stereocenters. The molecule has 0 spiro atoms. The van der Waals surface area contributed by atoms with Gasteiger partial charge in [-0.15, -0.1) is 0 Å². The van der Waals surface area contributed by atoms with Crippen molar-refractivity contribution in [3.8, 4) is 22.4 Å². The summed E-state index contributed by atoms with van der Waals surface area (Å²) in [6, 6.07) is 25.2. The molecule has 0 fully saturated rings. The Bertz CT molecular complexity index is 4200. The number of amides is 1. The predicted molar refractivity (Wildman–Crippen MR) is 491 cm³/mol. The summed E-state index contributed by atoms with van der Waals surface area (Å²) < 4.78 is 43.0. The number of rotatable bonds is 52. The van der Waals surface area contributed by atoms with E-state index in [9.17, 15) is 53.6 Å². The molecule has 18 heteroatoms. The van der Waals surface area contributed by atoms with Crippen LogP contribution in [0.3, 0.4) is 0 Å². The largest absolute Gasteiger partial charge is 0.463 e. The average molecular weight is 1680 g/mol. The summed E-state index contributed by atoms with van der Waals surface area (Å²) in [4.78, 5) is 76.3. The Morgan fingerprint density at radius 1 is 0.541 bits per heavy atom. The van der Waals surface area contributed by atoms with Gasteiger partial charge in [-0.2, -0.15) is 0 Å². The predicted octanol–water partition coefficient (Wildman–Crippen LogP) is 23.6. The third kappa shape index (κ3) is 40.5. The molecule has 1 heterocycles. The number of nitrogens with zero attached hydrogens (tertiary/aromatic N) is 1. The van der Waals surface area contributed by atoms with Crippen molar-refractivity contribution >= 4 is 41.4 Å².